The quantitative estimate of drug-likeness (QED) is 0.641. The largest absolute Gasteiger partial charge is 0.490 e. The van der Waals surface area contributed by atoms with Crippen LogP contribution in [0.4, 0.5) is 13.2 Å². The summed E-state index contributed by atoms with van der Waals surface area (Å²) >= 11 is 0. The van der Waals surface area contributed by atoms with Crippen LogP contribution in [-0.4, -0.2) is 35.7 Å². The Bertz CT molecular complexity index is 261. The van der Waals surface area contributed by atoms with Gasteiger partial charge in [0.1, 0.15) is 0 Å². The maximum atomic E-state index is 10.7. The third-order valence-electron chi connectivity index (χ3n) is 2.15. The van der Waals surface area contributed by atoms with E-state index in [1.165, 1.54) is 12.8 Å². The van der Waals surface area contributed by atoms with Crippen molar-refractivity contribution in [3.63, 3.8) is 0 Å². The van der Waals surface area contributed by atoms with Crippen molar-refractivity contribution in [3.05, 3.63) is 0 Å². The Morgan fingerprint density at radius 2 is 1.76 bits per heavy atom. The summed E-state index contributed by atoms with van der Waals surface area (Å²) in [6.45, 7) is 0.938. The molecule has 0 aliphatic carbocycles. The molecule has 1 amide bonds. The molecule has 0 bridgehead atoms. The van der Waals surface area contributed by atoms with Crippen LogP contribution in [0.25, 0.3) is 0 Å². The number of nitrogens with one attached hydrogen (secondary N) is 1. The number of carboxylic acids is 1. The van der Waals surface area contributed by atoms with Crippen LogP contribution >= 0.6 is 0 Å². The number of halogens is 3. The number of hydrogen-bond donors (Lipinski definition) is 3. The van der Waals surface area contributed by atoms with E-state index in [-0.39, 0.29) is 11.9 Å². The van der Waals surface area contributed by atoms with E-state index in [4.69, 9.17) is 15.6 Å². The summed E-state index contributed by atoms with van der Waals surface area (Å²) in [6.07, 6.45) is -0.656. The molecule has 4 N–H and O–H groups in total. The molecular weight excluding hydrogens is 241 g/mol. The van der Waals surface area contributed by atoms with Gasteiger partial charge in [-0.3, -0.25) is 4.79 Å². The van der Waals surface area contributed by atoms with Crippen molar-refractivity contribution in [2.24, 2.45) is 5.73 Å². The fourth-order valence-corrected chi connectivity index (χ4v) is 1.27. The van der Waals surface area contributed by atoms with E-state index in [2.05, 4.69) is 5.32 Å². The van der Waals surface area contributed by atoms with Gasteiger partial charge in [0, 0.05) is 0 Å². The topological polar surface area (TPSA) is 92.4 Å². The standard InChI is InChI=1S/C7H14N2O.C2HF3O2/c8-7(10)6-4-2-1-3-5-9-6;3-2(4,5)1(6)7/h6,9H,1-5H2,(H2,8,10);(H,6,7). The van der Waals surface area contributed by atoms with E-state index < -0.39 is 12.1 Å². The fraction of sp³-hybridized carbons (Fsp3) is 0.778. The van der Waals surface area contributed by atoms with Crippen LogP contribution in [0.3, 0.4) is 0 Å². The minimum Gasteiger partial charge on any atom is -0.475 e. The highest BCUT2D eigenvalue weighted by molar-refractivity contribution is 5.79. The Balaban J connectivity index is 0.000000325. The Kier molecular flexibility index (Phi) is 6.55. The smallest absolute Gasteiger partial charge is 0.475 e. The number of amides is 1. The van der Waals surface area contributed by atoms with Gasteiger partial charge in [-0.15, -0.1) is 0 Å². The second-order valence-corrected chi connectivity index (χ2v) is 3.56. The van der Waals surface area contributed by atoms with Gasteiger partial charge in [0.15, 0.2) is 0 Å². The van der Waals surface area contributed by atoms with E-state index in [9.17, 15) is 18.0 Å². The summed E-state index contributed by atoms with van der Waals surface area (Å²) in [7, 11) is 0. The first kappa shape index (κ1) is 15.7. The van der Waals surface area contributed by atoms with Crippen LogP contribution in [0.15, 0.2) is 0 Å². The van der Waals surface area contributed by atoms with Gasteiger partial charge in [0.2, 0.25) is 5.91 Å². The van der Waals surface area contributed by atoms with Crippen molar-refractivity contribution in [2.45, 2.75) is 37.9 Å². The lowest BCUT2D eigenvalue weighted by atomic mass is 10.1. The second kappa shape index (κ2) is 7.10. The summed E-state index contributed by atoms with van der Waals surface area (Å²) in [5.41, 5.74) is 5.14. The number of carbonyl (C=O) groups excluding carboxylic acids is 1. The molecule has 0 aromatic carbocycles. The molecule has 1 aliphatic rings. The van der Waals surface area contributed by atoms with Crippen molar-refractivity contribution in [3.8, 4) is 0 Å². The number of carbonyl (C=O) groups is 2. The SMILES string of the molecule is NC(=O)C1CCCCCN1.O=C(O)C(F)(F)F. The van der Waals surface area contributed by atoms with E-state index >= 15 is 0 Å². The van der Waals surface area contributed by atoms with Gasteiger partial charge in [-0.05, 0) is 19.4 Å². The molecule has 0 aromatic rings. The molecule has 1 fully saturated rings. The molecule has 0 spiro atoms. The highest BCUT2D eigenvalue weighted by Crippen LogP contribution is 2.13. The van der Waals surface area contributed by atoms with Crippen molar-refractivity contribution >= 4 is 11.9 Å². The van der Waals surface area contributed by atoms with Crippen molar-refractivity contribution in [2.75, 3.05) is 6.54 Å². The van der Waals surface area contributed by atoms with Gasteiger partial charge in [0.25, 0.3) is 0 Å². The molecule has 1 saturated heterocycles. The number of hydrogen-bond acceptors (Lipinski definition) is 3. The lowest BCUT2D eigenvalue weighted by molar-refractivity contribution is -0.192. The van der Waals surface area contributed by atoms with Gasteiger partial charge in [-0.1, -0.05) is 12.8 Å². The van der Waals surface area contributed by atoms with Crippen molar-refractivity contribution in [1.82, 2.24) is 5.32 Å². The summed E-state index contributed by atoms with van der Waals surface area (Å²) in [5.74, 6) is -2.96. The lowest BCUT2D eigenvalue weighted by Crippen LogP contribution is -2.40. The first-order valence-electron chi connectivity index (χ1n) is 5.08. The van der Waals surface area contributed by atoms with Crippen molar-refractivity contribution in [1.29, 1.82) is 0 Å². The Hall–Kier alpha value is -1.31. The Morgan fingerprint density at radius 1 is 1.24 bits per heavy atom. The average molecular weight is 256 g/mol. The summed E-state index contributed by atoms with van der Waals surface area (Å²) in [6, 6.07) is -0.0671. The molecule has 17 heavy (non-hydrogen) atoms. The zero-order valence-corrected chi connectivity index (χ0v) is 9.09. The van der Waals surface area contributed by atoms with E-state index in [1.807, 2.05) is 0 Å². The number of alkyl halides is 3. The summed E-state index contributed by atoms with van der Waals surface area (Å²) < 4.78 is 31.7. The molecule has 1 rings (SSSR count). The van der Waals surface area contributed by atoms with E-state index in [0.717, 1.165) is 19.4 Å². The summed E-state index contributed by atoms with van der Waals surface area (Å²) in [4.78, 5) is 19.6. The maximum absolute atomic E-state index is 10.7. The number of nitrogens with two attached hydrogens (primary N) is 1. The van der Waals surface area contributed by atoms with Gasteiger partial charge in [0.05, 0.1) is 6.04 Å². The monoisotopic (exact) mass is 256 g/mol. The average Bonchev–Trinajstić information content (AvgIpc) is 2.44. The van der Waals surface area contributed by atoms with Crippen molar-refractivity contribution < 1.29 is 27.9 Å². The molecule has 100 valence electrons. The first-order chi connectivity index (χ1) is 7.75. The molecule has 0 radical (unpaired) electrons. The predicted molar refractivity (Wildman–Crippen MR) is 53.1 cm³/mol. The Morgan fingerprint density at radius 3 is 2.18 bits per heavy atom. The van der Waals surface area contributed by atoms with Crippen LogP contribution in [-0.2, 0) is 9.59 Å². The molecule has 8 heteroatoms. The van der Waals surface area contributed by atoms with Crippen LogP contribution in [0.5, 0.6) is 0 Å². The van der Waals surface area contributed by atoms with Gasteiger partial charge in [-0.2, -0.15) is 13.2 Å². The van der Waals surface area contributed by atoms with Crippen LogP contribution in [0.2, 0.25) is 0 Å². The zero-order chi connectivity index (χ0) is 13.5. The molecule has 0 aromatic heterocycles. The highest BCUT2D eigenvalue weighted by atomic mass is 19.4. The van der Waals surface area contributed by atoms with Crippen LogP contribution in [0.1, 0.15) is 25.7 Å². The molecular formula is C9H15F3N2O3. The molecule has 1 unspecified atom stereocenters. The number of rotatable bonds is 1. The number of primary amides is 1. The number of carboxylic acid groups (broad SMARTS) is 1. The van der Waals surface area contributed by atoms with Gasteiger partial charge >= 0.3 is 12.1 Å². The lowest BCUT2D eigenvalue weighted by Gasteiger charge is -2.09. The predicted octanol–water partition coefficient (Wildman–Crippen LogP) is 0.637. The normalized spacial score (nSPS) is 20.8. The first-order valence-corrected chi connectivity index (χ1v) is 5.08. The van der Waals surface area contributed by atoms with Crippen LogP contribution < -0.4 is 11.1 Å². The fourth-order valence-electron chi connectivity index (χ4n) is 1.27. The molecule has 1 atom stereocenters. The molecule has 1 heterocycles. The third-order valence-corrected chi connectivity index (χ3v) is 2.15. The molecule has 1 aliphatic heterocycles. The molecule has 5 nitrogen and oxygen atoms in total. The number of aliphatic carboxylic acids is 1. The summed E-state index contributed by atoms with van der Waals surface area (Å²) in [5, 5.41) is 10.2. The van der Waals surface area contributed by atoms with Crippen LogP contribution in [0, 0.1) is 0 Å². The Labute approximate surface area is 96.2 Å². The third kappa shape index (κ3) is 7.56. The van der Waals surface area contributed by atoms with E-state index in [0.29, 0.717) is 0 Å². The highest BCUT2D eigenvalue weighted by Gasteiger charge is 2.38. The minimum atomic E-state index is -5.08. The second-order valence-electron chi connectivity index (χ2n) is 3.56. The van der Waals surface area contributed by atoms with E-state index in [1.54, 1.807) is 0 Å². The van der Waals surface area contributed by atoms with Gasteiger partial charge < -0.3 is 16.2 Å². The minimum absolute atomic E-state index is 0.0671. The zero-order valence-electron chi connectivity index (χ0n) is 9.09. The maximum Gasteiger partial charge on any atom is 0.490 e. The van der Waals surface area contributed by atoms with Gasteiger partial charge in [-0.25, -0.2) is 4.79 Å². The molecule has 0 saturated carbocycles.